The maximum atomic E-state index is 12.1. The molecule has 0 aliphatic carbocycles. The summed E-state index contributed by atoms with van der Waals surface area (Å²) in [7, 11) is 1.39. The number of benzene rings is 1. The predicted molar refractivity (Wildman–Crippen MR) is 70.2 cm³/mol. The number of methoxy groups -OCH3 is 1. The molecule has 1 rings (SSSR count). The number of amides is 1. The van der Waals surface area contributed by atoms with Crippen molar-refractivity contribution in [3.05, 3.63) is 27.7 Å². The van der Waals surface area contributed by atoms with Crippen molar-refractivity contribution in [1.29, 1.82) is 5.26 Å². The molecule has 0 bridgehead atoms. The summed E-state index contributed by atoms with van der Waals surface area (Å²) in [5.41, 5.74) is -0.886. The Kier molecular flexibility index (Phi) is 4.44. The third-order valence-electron chi connectivity index (χ3n) is 2.20. The standard InChI is InChI=1S/C12H12Cl2N2O2/c1-12(2,6-15)16-11(17)9-7(13)4-5-8(14)10(9)18-3/h4-5H,1-3H3,(H,16,17). The van der Waals surface area contributed by atoms with E-state index in [1.54, 1.807) is 13.8 Å². The fourth-order valence-electron chi connectivity index (χ4n) is 1.32. The Morgan fingerprint density at radius 3 is 2.44 bits per heavy atom. The van der Waals surface area contributed by atoms with Crippen LogP contribution >= 0.6 is 23.2 Å². The number of halogens is 2. The number of carbonyl (C=O) groups excluding carboxylic acids is 1. The molecule has 96 valence electrons. The third kappa shape index (κ3) is 3.06. The van der Waals surface area contributed by atoms with Crippen molar-refractivity contribution in [2.24, 2.45) is 0 Å². The lowest BCUT2D eigenvalue weighted by Gasteiger charge is -2.19. The van der Waals surface area contributed by atoms with Crippen molar-refractivity contribution in [1.82, 2.24) is 5.32 Å². The summed E-state index contributed by atoms with van der Waals surface area (Å²) >= 11 is 11.9. The summed E-state index contributed by atoms with van der Waals surface area (Å²) in [6, 6.07) is 5.00. The van der Waals surface area contributed by atoms with Crippen LogP contribution in [0.15, 0.2) is 12.1 Å². The van der Waals surface area contributed by atoms with Gasteiger partial charge in [-0.2, -0.15) is 5.26 Å². The van der Waals surface area contributed by atoms with Crippen molar-refractivity contribution in [3.8, 4) is 11.8 Å². The van der Waals surface area contributed by atoms with Crippen LogP contribution in [0, 0.1) is 11.3 Å². The molecule has 0 aliphatic heterocycles. The van der Waals surface area contributed by atoms with Gasteiger partial charge in [-0.1, -0.05) is 23.2 Å². The van der Waals surface area contributed by atoms with Gasteiger partial charge in [0.1, 0.15) is 11.1 Å². The van der Waals surface area contributed by atoms with Gasteiger partial charge in [-0.05, 0) is 26.0 Å². The highest BCUT2D eigenvalue weighted by Gasteiger charge is 2.25. The van der Waals surface area contributed by atoms with Gasteiger partial charge in [-0.3, -0.25) is 4.79 Å². The zero-order valence-electron chi connectivity index (χ0n) is 10.2. The number of nitriles is 1. The molecule has 0 aromatic heterocycles. The van der Waals surface area contributed by atoms with Crippen molar-refractivity contribution in [2.75, 3.05) is 7.11 Å². The first-order valence-corrected chi connectivity index (χ1v) is 5.83. The Balaban J connectivity index is 3.22. The molecule has 6 heteroatoms. The lowest BCUT2D eigenvalue weighted by atomic mass is 10.1. The molecule has 0 spiro atoms. The Bertz CT molecular complexity index is 522. The van der Waals surface area contributed by atoms with Gasteiger partial charge in [-0.15, -0.1) is 0 Å². The summed E-state index contributed by atoms with van der Waals surface area (Å²) in [6.45, 7) is 3.16. The molecule has 1 amide bonds. The first kappa shape index (κ1) is 14.6. The Morgan fingerprint density at radius 2 is 1.94 bits per heavy atom. The smallest absolute Gasteiger partial charge is 0.257 e. The van der Waals surface area contributed by atoms with E-state index < -0.39 is 11.4 Å². The van der Waals surface area contributed by atoms with Gasteiger partial charge < -0.3 is 10.1 Å². The van der Waals surface area contributed by atoms with E-state index in [-0.39, 0.29) is 21.4 Å². The summed E-state index contributed by atoms with van der Waals surface area (Å²) < 4.78 is 5.07. The largest absolute Gasteiger partial charge is 0.494 e. The highest BCUT2D eigenvalue weighted by atomic mass is 35.5. The van der Waals surface area contributed by atoms with Crippen LogP contribution in [0.25, 0.3) is 0 Å². The van der Waals surface area contributed by atoms with E-state index in [1.807, 2.05) is 6.07 Å². The van der Waals surface area contributed by atoms with E-state index in [9.17, 15) is 4.79 Å². The van der Waals surface area contributed by atoms with E-state index in [1.165, 1.54) is 19.2 Å². The minimum atomic E-state index is -1.01. The lowest BCUT2D eigenvalue weighted by Crippen LogP contribution is -2.42. The average molecular weight is 287 g/mol. The fourth-order valence-corrected chi connectivity index (χ4v) is 1.79. The van der Waals surface area contributed by atoms with Gasteiger partial charge in [0.25, 0.3) is 5.91 Å². The van der Waals surface area contributed by atoms with Crippen LogP contribution in [0.2, 0.25) is 10.0 Å². The molecule has 0 unspecified atom stereocenters. The molecule has 0 atom stereocenters. The number of nitrogens with zero attached hydrogens (tertiary/aromatic N) is 1. The zero-order chi connectivity index (χ0) is 13.9. The molecule has 4 nitrogen and oxygen atoms in total. The van der Waals surface area contributed by atoms with Crippen LogP contribution in [0.4, 0.5) is 0 Å². The quantitative estimate of drug-likeness (QED) is 0.929. The maximum Gasteiger partial charge on any atom is 0.257 e. The minimum absolute atomic E-state index is 0.120. The Morgan fingerprint density at radius 1 is 1.39 bits per heavy atom. The normalized spacial score (nSPS) is 10.7. The molecular weight excluding hydrogens is 275 g/mol. The van der Waals surface area contributed by atoms with Gasteiger partial charge in [0, 0.05) is 0 Å². The second-order valence-corrected chi connectivity index (χ2v) is 4.94. The summed E-state index contributed by atoms with van der Waals surface area (Å²) in [5.74, 6) is -0.318. The molecule has 0 fully saturated rings. The first-order chi connectivity index (χ1) is 8.32. The van der Waals surface area contributed by atoms with Crippen molar-refractivity contribution in [2.45, 2.75) is 19.4 Å². The maximum absolute atomic E-state index is 12.1. The van der Waals surface area contributed by atoms with Crippen molar-refractivity contribution < 1.29 is 9.53 Å². The third-order valence-corrected chi connectivity index (χ3v) is 2.81. The van der Waals surface area contributed by atoms with Crippen molar-refractivity contribution in [3.63, 3.8) is 0 Å². The fraction of sp³-hybridized carbons (Fsp3) is 0.333. The van der Waals surface area contributed by atoms with Gasteiger partial charge in [0.05, 0.1) is 23.2 Å². The van der Waals surface area contributed by atoms with E-state index in [4.69, 9.17) is 33.2 Å². The second-order valence-electron chi connectivity index (χ2n) is 4.13. The minimum Gasteiger partial charge on any atom is -0.494 e. The lowest BCUT2D eigenvalue weighted by molar-refractivity contribution is 0.0926. The number of carbonyl (C=O) groups is 1. The van der Waals surface area contributed by atoms with Gasteiger partial charge >= 0.3 is 0 Å². The number of ether oxygens (including phenoxy) is 1. The van der Waals surface area contributed by atoms with Crippen LogP contribution in [0.5, 0.6) is 5.75 Å². The highest BCUT2D eigenvalue weighted by Crippen LogP contribution is 2.33. The summed E-state index contributed by atoms with van der Waals surface area (Å²) in [5, 5.41) is 11.9. The highest BCUT2D eigenvalue weighted by molar-refractivity contribution is 6.37. The Labute approximate surface area is 115 Å². The molecule has 1 N–H and O–H groups in total. The van der Waals surface area contributed by atoms with Gasteiger partial charge in [0.15, 0.2) is 5.75 Å². The monoisotopic (exact) mass is 286 g/mol. The number of nitrogens with one attached hydrogen (secondary N) is 1. The topological polar surface area (TPSA) is 62.1 Å². The first-order valence-electron chi connectivity index (χ1n) is 5.08. The molecule has 1 aromatic carbocycles. The van der Waals surface area contributed by atoms with Gasteiger partial charge in [-0.25, -0.2) is 0 Å². The molecular formula is C12H12Cl2N2O2. The van der Waals surface area contributed by atoms with Crippen molar-refractivity contribution >= 4 is 29.1 Å². The number of hydrogen-bond acceptors (Lipinski definition) is 3. The molecule has 1 aromatic rings. The van der Waals surface area contributed by atoms with E-state index >= 15 is 0 Å². The zero-order valence-corrected chi connectivity index (χ0v) is 11.7. The van der Waals surface area contributed by atoms with E-state index in [2.05, 4.69) is 5.32 Å². The second kappa shape index (κ2) is 5.47. The predicted octanol–water partition coefficient (Wildman–Crippen LogP) is 3.03. The van der Waals surface area contributed by atoms with Crippen LogP contribution in [-0.2, 0) is 0 Å². The number of rotatable bonds is 3. The Hall–Kier alpha value is -1.44. The summed E-state index contributed by atoms with van der Waals surface area (Å²) in [4.78, 5) is 12.1. The molecule has 0 aliphatic rings. The van der Waals surface area contributed by atoms with Crippen LogP contribution in [-0.4, -0.2) is 18.6 Å². The SMILES string of the molecule is COc1c(Cl)ccc(Cl)c1C(=O)NC(C)(C)C#N. The summed E-state index contributed by atoms with van der Waals surface area (Å²) in [6.07, 6.45) is 0. The molecule has 0 heterocycles. The average Bonchev–Trinajstić information content (AvgIpc) is 2.30. The van der Waals surface area contributed by atoms with E-state index in [0.29, 0.717) is 0 Å². The van der Waals surface area contributed by atoms with Crippen LogP contribution < -0.4 is 10.1 Å². The number of hydrogen-bond donors (Lipinski definition) is 1. The van der Waals surface area contributed by atoms with E-state index in [0.717, 1.165) is 0 Å². The molecule has 18 heavy (non-hydrogen) atoms. The molecule has 0 saturated heterocycles. The van der Waals surface area contributed by atoms with Crippen LogP contribution in [0.3, 0.4) is 0 Å². The molecule has 0 saturated carbocycles. The van der Waals surface area contributed by atoms with Crippen LogP contribution in [0.1, 0.15) is 24.2 Å². The molecule has 0 radical (unpaired) electrons. The van der Waals surface area contributed by atoms with Gasteiger partial charge in [0.2, 0.25) is 0 Å².